The molecule has 0 radical (unpaired) electrons. The number of methoxy groups -OCH3 is 1. The maximum Gasteiger partial charge on any atom is 0.261 e. The summed E-state index contributed by atoms with van der Waals surface area (Å²) in [7, 11) is 3.11. The highest BCUT2D eigenvalue weighted by Crippen LogP contribution is 2.31. The highest BCUT2D eigenvalue weighted by Gasteiger charge is 2.20. The summed E-state index contributed by atoms with van der Waals surface area (Å²) in [5.74, 6) is -0.252. The van der Waals surface area contributed by atoms with E-state index in [1.165, 1.54) is 36.3 Å². The lowest BCUT2D eigenvalue weighted by molar-refractivity contribution is 0.0990. The quantitative estimate of drug-likeness (QED) is 0.685. The van der Waals surface area contributed by atoms with Crippen molar-refractivity contribution >= 4 is 23.2 Å². The first-order valence-corrected chi connectivity index (χ1v) is 7.93. The van der Waals surface area contributed by atoms with Gasteiger partial charge in [0.2, 0.25) is 0 Å². The molecule has 0 spiro atoms. The van der Waals surface area contributed by atoms with Crippen LogP contribution in [-0.2, 0) is 0 Å². The van der Waals surface area contributed by atoms with Gasteiger partial charge in [0.1, 0.15) is 11.6 Å². The minimum atomic E-state index is -0.360. The number of halogens is 2. The number of aromatic nitrogens is 1. The molecule has 0 N–H and O–H groups in total. The molecule has 2 aromatic carbocycles. The molecule has 0 fully saturated rings. The highest BCUT2D eigenvalue weighted by molar-refractivity contribution is 6.33. The Morgan fingerprint density at radius 3 is 2.40 bits per heavy atom. The molecular weight excluding hydrogens is 343 g/mol. The summed E-state index contributed by atoms with van der Waals surface area (Å²) < 4.78 is 20.3. The molecule has 3 rings (SSSR count). The fraction of sp³-hybridized carbons (Fsp3) is 0.105. The van der Waals surface area contributed by atoms with Gasteiger partial charge < -0.3 is 14.2 Å². The van der Waals surface area contributed by atoms with Crippen molar-refractivity contribution in [3.05, 3.63) is 77.3 Å². The molecule has 0 aliphatic carbocycles. The Balaban J connectivity index is 1.99. The van der Waals surface area contributed by atoms with Gasteiger partial charge in [-0.1, -0.05) is 11.6 Å². The van der Waals surface area contributed by atoms with Crippen molar-refractivity contribution < 1.29 is 13.9 Å². The van der Waals surface area contributed by atoms with Crippen LogP contribution in [0.15, 0.2) is 60.9 Å². The van der Waals surface area contributed by atoms with Crippen molar-refractivity contribution in [2.75, 3.05) is 19.1 Å². The average Bonchev–Trinajstić information content (AvgIpc) is 3.15. The van der Waals surface area contributed by atoms with Gasteiger partial charge in [-0.2, -0.15) is 0 Å². The molecule has 128 valence electrons. The summed E-state index contributed by atoms with van der Waals surface area (Å²) in [6.45, 7) is 0. The highest BCUT2D eigenvalue weighted by atomic mass is 35.5. The van der Waals surface area contributed by atoms with E-state index in [0.29, 0.717) is 27.7 Å². The maximum atomic E-state index is 13.1. The van der Waals surface area contributed by atoms with E-state index in [9.17, 15) is 9.18 Å². The minimum Gasteiger partial charge on any atom is -0.496 e. The summed E-state index contributed by atoms with van der Waals surface area (Å²) in [4.78, 5) is 14.3. The van der Waals surface area contributed by atoms with Gasteiger partial charge in [-0.25, -0.2) is 4.39 Å². The molecule has 0 atom stereocenters. The van der Waals surface area contributed by atoms with Gasteiger partial charge in [0.15, 0.2) is 0 Å². The predicted octanol–water partition coefficient (Wildman–Crippen LogP) is 4.56. The summed E-state index contributed by atoms with van der Waals surface area (Å²) in [5, 5.41) is 0.424. The van der Waals surface area contributed by atoms with Crippen LogP contribution in [-0.4, -0.2) is 24.6 Å². The molecule has 0 saturated heterocycles. The number of nitrogens with zero attached hydrogens (tertiary/aromatic N) is 2. The number of anilines is 1. The van der Waals surface area contributed by atoms with Crippen LogP contribution in [0.2, 0.25) is 5.02 Å². The zero-order valence-corrected chi connectivity index (χ0v) is 14.5. The van der Waals surface area contributed by atoms with E-state index in [0.717, 1.165) is 0 Å². The van der Waals surface area contributed by atoms with Crippen molar-refractivity contribution in [2.24, 2.45) is 0 Å². The lowest BCUT2D eigenvalue weighted by atomic mass is 10.1. The molecule has 0 unspecified atom stereocenters. The first kappa shape index (κ1) is 17.0. The Labute approximate surface area is 150 Å². The van der Waals surface area contributed by atoms with Crippen LogP contribution in [0.25, 0.3) is 5.69 Å². The largest absolute Gasteiger partial charge is 0.496 e. The number of ether oxygens (including phenoxy) is 1. The normalized spacial score (nSPS) is 10.6. The fourth-order valence-electron chi connectivity index (χ4n) is 2.53. The number of rotatable bonds is 4. The van der Waals surface area contributed by atoms with Crippen LogP contribution < -0.4 is 9.64 Å². The maximum absolute atomic E-state index is 13.1. The van der Waals surface area contributed by atoms with Crippen molar-refractivity contribution in [3.63, 3.8) is 0 Å². The molecule has 0 aliphatic rings. The molecule has 1 aromatic heterocycles. The van der Waals surface area contributed by atoms with Gasteiger partial charge in [0.25, 0.3) is 5.91 Å². The van der Waals surface area contributed by atoms with E-state index >= 15 is 0 Å². The van der Waals surface area contributed by atoms with Gasteiger partial charge in [-0.05, 0) is 42.5 Å². The average molecular weight is 359 g/mol. The second-order valence-electron chi connectivity index (χ2n) is 5.43. The summed E-state index contributed by atoms with van der Waals surface area (Å²) >= 11 is 6.37. The molecule has 25 heavy (non-hydrogen) atoms. The van der Waals surface area contributed by atoms with Gasteiger partial charge in [-0.3, -0.25) is 4.79 Å². The first-order valence-electron chi connectivity index (χ1n) is 7.55. The molecule has 0 bridgehead atoms. The van der Waals surface area contributed by atoms with E-state index < -0.39 is 0 Å². The van der Waals surface area contributed by atoms with Gasteiger partial charge in [-0.15, -0.1) is 0 Å². The lowest BCUT2D eigenvalue weighted by Gasteiger charge is -2.20. The van der Waals surface area contributed by atoms with Crippen LogP contribution in [0, 0.1) is 5.82 Å². The van der Waals surface area contributed by atoms with Crippen LogP contribution in [0.1, 0.15) is 10.4 Å². The second kappa shape index (κ2) is 6.99. The molecule has 1 heterocycles. The monoisotopic (exact) mass is 358 g/mol. The van der Waals surface area contributed by atoms with E-state index in [4.69, 9.17) is 16.3 Å². The molecule has 4 nitrogen and oxygen atoms in total. The molecule has 0 aliphatic heterocycles. The predicted molar refractivity (Wildman–Crippen MR) is 96.5 cm³/mol. The Bertz CT molecular complexity index is 893. The Morgan fingerprint density at radius 2 is 1.80 bits per heavy atom. The standard InChI is InChI=1S/C19H16ClFN2O2/c1-22(14-7-5-13(21)6-8-14)19(24)15-11-16(20)17(12-18(15)25-2)23-9-3-4-10-23/h3-12H,1-2H3. The summed E-state index contributed by atoms with van der Waals surface area (Å²) in [6, 6.07) is 12.7. The third-order valence-electron chi connectivity index (χ3n) is 3.90. The Morgan fingerprint density at radius 1 is 1.16 bits per heavy atom. The van der Waals surface area contributed by atoms with Crippen molar-refractivity contribution in [3.8, 4) is 11.4 Å². The smallest absolute Gasteiger partial charge is 0.261 e. The SMILES string of the molecule is COc1cc(-n2cccc2)c(Cl)cc1C(=O)N(C)c1ccc(F)cc1. The lowest BCUT2D eigenvalue weighted by Crippen LogP contribution is -2.26. The fourth-order valence-corrected chi connectivity index (χ4v) is 2.80. The van der Waals surface area contributed by atoms with Crippen LogP contribution >= 0.6 is 11.6 Å². The Kier molecular flexibility index (Phi) is 4.76. The van der Waals surface area contributed by atoms with Crippen molar-refractivity contribution in [1.82, 2.24) is 4.57 Å². The first-order chi connectivity index (χ1) is 12.0. The van der Waals surface area contributed by atoms with Gasteiger partial charge in [0.05, 0.1) is 23.4 Å². The molecule has 6 heteroatoms. The number of carbonyl (C=O) groups is 1. The van der Waals surface area contributed by atoms with Crippen LogP contribution in [0.5, 0.6) is 5.75 Å². The number of hydrogen-bond donors (Lipinski definition) is 0. The van der Waals surface area contributed by atoms with Crippen molar-refractivity contribution in [1.29, 1.82) is 0 Å². The zero-order valence-electron chi connectivity index (χ0n) is 13.7. The van der Waals surface area contributed by atoms with Crippen LogP contribution in [0.4, 0.5) is 10.1 Å². The van der Waals surface area contributed by atoms with Crippen molar-refractivity contribution in [2.45, 2.75) is 0 Å². The number of benzene rings is 2. The second-order valence-corrected chi connectivity index (χ2v) is 5.84. The van der Waals surface area contributed by atoms with Crippen LogP contribution in [0.3, 0.4) is 0 Å². The Hall–Kier alpha value is -2.79. The molecule has 1 amide bonds. The van der Waals surface area contributed by atoms with E-state index in [-0.39, 0.29) is 11.7 Å². The summed E-state index contributed by atoms with van der Waals surface area (Å²) in [5.41, 5.74) is 1.61. The number of hydrogen-bond acceptors (Lipinski definition) is 2. The molecule has 3 aromatic rings. The molecule has 0 saturated carbocycles. The number of amides is 1. The zero-order chi connectivity index (χ0) is 18.0. The van der Waals surface area contributed by atoms with Gasteiger partial charge >= 0.3 is 0 Å². The van der Waals surface area contributed by atoms with E-state index in [2.05, 4.69) is 0 Å². The molecular formula is C19H16ClFN2O2. The number of carbonyl (C=O) groups excluding carboxylic acids is 1. The van der Waals surface area contributed by atoms with E-state index in [1.807, 2.05) is 29.1 Å². The topological polar surface area (TPSA) is 34.5 Å². The van der Waals surface area contributed by atoms with Gasteiger partial charge in [0, 0.05) is 31.2 Å². The third kappa shape index (κ3) is 3.37. The van der Waals surface area contributed by atoms with E-state index in [1.54, 1.807) is 19.2 Å². The third-order valence-corrected chi connectivity index (χ3v) is 4.20. The minimum absolute atomic E-state index is 0.301. The summed E-state index contributed by atoms with van der Waals surface area (Å²) in [6.07, 6.45) is 3.71.